The molecule has 43 heavy (non-hydrogen) atoms. The Bertz CT molecular complexity index is 1890. The predicted molar refractivity (Wildman–Crippen MR) is 171 cm³/mol. The van der Waals surface area contributed by atoms with Gasteiger partial charge in [-0.3, -0.25) is 0 Å². The van der Waals surface area contributed by atoms with Gasteiger partial charge < -0.3 is 10.2 Å². The van der Waals surface area contributed by atoms with Crippen LogP contribution in [-0.4, -0.2) is 40.2 Å². The summed E-state index contributed by atoms with van der Waals surface area (Å²) >= 11 is 12.5. The number of aromatic hydroxyl groups is 2. The molecule has 0 spiro atoms. The van der Waals surface area contributed by atoms with E-state index in [4.69, 9.17) is 43.6 Å². The second-order valence-electron chi connectivity index (χ2n) is 12.8. The molecule has 0 unspecified atom stereocenters. The largest absolute Gasteiger partial charge is 0.506 e. The Labute approximate surface area is 259 Å². The first kappa shape index (κ1) is 29.0. The molecule has 8 nitrogen and oxygen atoms in total. The van der Waals surface area contributed by atoms with E-state index in [0.29, 0.717) is 49.9 Å². The zero-order chi connectivity index (χ0) is 30.8. The molecule has 0 amide bonds. The summed E-state index contributed by atoms with van der Waals surface area (Å²) in [4.78, 5) is 2.95. The average molecular weight is 616 g/mol. The molecule has 2 aromatic heterocycles. The van der Waals surface area contributed by atoms with Gasteiger partial charge in [-0.05, 0) is 81.6 Å². The first-order valence-corrected chi connectivity index (χ1v) is 14.7. The summed E-state index contributed by atoms with van der Waals surface area (Å²) in [7, 11) is 0. The van der Waals surface area contributed by atoms with Gasteiger partial charge in [-0.1, -0.05) is 76.9 Å². The quantitative estimate of drug-likeness (QED) is 0.208. The maximum absolute atomic E-state index is 11.4. The van der Waals surface area contributed by atoms with Crippen LogP contribution < -0.4 is 0 Å². The highest BCUT2D eigenvalue weighted by molar-refractivity contribution is 6.31. The highest BCUT2D eigenvalue weighted by atomic mass is 35.5. The van der Waals surface area contributed by atoms with Crippen LogP contribution in [0.15, 0.2) is 60.7 Å². The van der Waals surface area contributed by atoms with E-state index in [-0.39, 0.29) is 22.3 Å². The van der Waals surface area contributed by atoms with Crippen molar-refractivity contribution in [1.82, 2.24) is 30.0 Å². The number of halogens is 2. The summed E-state index contributed by atoms with van der Waals surface area (Å²) in [6.07, 6.45) is 0.323. The van der Waals surface area contributed by atoms with E-state index >= 15 is 0 Å². The van der Waals surface area contributed by atoms with Crippen LogP contribution in [0.2, 0.25) is 10.0 Å². The number of nitrogens with zero attached hydrogens (tertiary/aromatic N) is 6. The van der Waals surface area contributed by atoms with Crippen LogP contribution in [0.3, 0.4) is 0 Å². The van der Waals surface area contributed by atoms with Crippen LogP contribution in [0.5, 0.6) is 11.5 Å². The van der Waals surface area contributed by atoms with Crippen molar-refractivity contribution in [3.05, 3.63) is 93.0 Å². The van der Waals surface area contributed by atoms with Gasteiger partial charge in [0, 0.05) is 16.5 Å². The summed E-state index contributed by atoms with van der Waals surface area (Å²) in [5.74, 6) is 0.0667. The van der Waals surface area contributed by atoms with Gasteiger partial charge in [-0.15, -0.1) is 30.0 Å². The molecule has 0 aliphatic heterocycles. The first-order valence-electron chi connectivity index (χ1n) is 14.0. The summed E-state index contributed by atoms with van der Waals surface area (Å²) < 4.78 is 0. The average Bonchev–Trinajstić information content (AvgIpc) is 3.50. The summed E-state index contributed by atoms with van der Waals surface area (Å²) in [6.45, 7) is 12.7. The van der Waals surface area contributed by atoms with Gasteiger partial charge in [0.15, 0.2) is 0 Å². The Hall–Kier alpha value is -4.14. The standard InChI is InChI=1S/C33H32Cl2N6O2/c1-32(2,3)22-9-13-28(42)30(40-36-24-11-7-18(34)15-26(24)38-40)20(22)17-21-23(33(4,5)6)10-14-29(43)31(21)41-37-25-12-8-19(35)16-27(25)39-41/h7-16,42-43H,17H2,1-6H3. The number of phenolic OH excluding ortho intramolecular Hbond substituents is 2. The molecule has 6 aromatic rings. The Morgan fingerprint density at radius 3 is 1.30 bits per heavy atom. The Morgan fingerprint density at radius 1 is 0.558 bits per heavy atom. The van der Waals surface area contributed by atoms with Crippen molar-refractivity contribution in [1.29, 1.82) is 0 Å². The summed E-state index contributed by atoms with van der Waals surface area (Å²) in [6, 6.07) is 17.9. The number of phenols is 2. The van der Waals surface area contributed by atoms with Crippen molar-refractivity contribution < 1.29 is 10.2 Å². The fourth-order valence-corrected chi connectivity index (χ4v) is 5.94. The fourth-order valence-electron chi connectivity index (χ4n) is 5.61. The van der Waals surface area contributed by atoms with Gasteiger partial charge in [0.2, 0.25) is 0 Å². The minimum atomic E-state index is -0.304. The predicted octanol–water partition coefficient (Wildman–Crippen LogP) is 8.06. The van der Waals surface area contributed by atoms with E-state index in [2.05, 4.69) is 41.5 Å². The number of hydrogen-bond acceptors (Lipinski definition) is 6. The minimum absolute atomic E-state index is 0.0333. The monoisotopic (exact) mass is 614 g/mol. The molecule has 0 fully saturated rings. The number of rotatable bonds is 4. The zero-order valence-electron chi connectivity index (χ0n) is 24.8. The molecule has 6 rings (SSSR count). The molecule has 0 saturated carbocycles. The highest BCUT2D eigenvalue weighted by Gasteiger charge is 2.30. The van der Waals surface area contributed by atoms with Crippen LogP contribution in [0.25, 0.3) is 33.4 Å². The van der Waals surface area contributed by atoms with Crippen LogP contribution in [0.4, 0.5) is 0 Å². The molecular formula is C33H32Cl2N6O2. The summed E-state index contributed by atoms with van der Waals surface area (Å²) in [5, 5.41) is 42.7. The van der Waals surface area contributed by atoms with E-state index in [1.54, 1.807) is 48.5 Å². The normalized spacial score (nSPS) is 12.5. The van der Waals surface area contributed by atoms with Crippen molar-refractivity contribution in [2.45, 2.75) is 58.8 Å². The lowest BCUT2D eigenvalue weighted by Crippen LogP contribution is -2.21. The lowest BCUT2D eigenvalue weighted by molar-refractivity contribution is 0.463. The second kappa shape index (κ2) is 10.2. The van der Waals surface area contributed by atoms with Crippen LogP contribution in [0.1, 0.15) is 63.8 Å². The van der Waals surface area contributed by atoms with Crippen LogP contribution in [-0.2, 0) is 17.3 Å². The smallest absolute Gasteiger partial charge is 0.143 e. The number of benzene rings is 4. The van der Waals surface area contributed by atoms with Gasteiger partial charge in [0.1, 0.15) is 44.9 Å². The van der Waals surface area contributed by atoms with Gasteiger partial charge in [0.25, 0.3) is 0 Å². The molecule has 0 aliphatic rings. The van der Waals surface area contributed by atoms with Gasteiger partial charge >= 0.3 is 0 Å². The molecule has 4 aromatic carbocycles. The van der Waals surface area contributed by atoms with Gasteiger partial charge in [-0.2, -0.15) is 0 Å². The minimum Gasteiger partial charge on any atom is -0.506 e. The maximum atomic E-state index is 11.4. The molecule has 10 heteroatoms. The third-order valence-electron chi connectivity index (χ3n) is 7.58. The maximum Gasteiger partial charge on any atom is 0.143 e. The van der Waals surface area contributed by atoms with Crippen molar-refractivity contribution >= 4 is 45.3 Å². The molecule has 0 bridgehead atoms. The van der Waals surface area contributed by atoms with Gasteiger partial charge in [0.05, 0.1) is 0 Å². The molecule has 2 N–H and O–H groups in total. The van der Waals surface area contributed by atoms with E-state index in [1.807, 2.05) is 12.1 Å². The second-order valence-corrected chi connectivity index (χ2v) is 13.7. The lowest BCUT2D eigenvalue weighted by Gasteiger charge is -2.29. The number of hydrogen-bond donors (Lipinski definition) is 2. The Balaban J connectivity index is 1.66. The zero-order valence-corrected chi connectivity index (χ0v) is 26.3. The molecule has 0 aliphatic carbocycles. The molecule has 0 radical (unpaired) electrons. The Morgan fingerprint density at radius 2 is 0.930 bits per heavy atom. The van der Waals surface area contributed by atoms with Crippen molar-refractivity contribution in [3.63, 3.8) is 0 Å². The number of aromatic nitrogens is 6. The SMILES string of the molecule is CC(C)(C)c1ccc(O)c(-n2nc3ccc(Cl)cc3n2)c1Cc1c(C(C)(C)C)ccc(O)c1-n1nc2ccc(Cl)cc2n1. The third-order valence-corrected chi connectivity index (χ3v) is 8.05. The van der Waals surface area contributed by atoms with E-state index in [9.17, 15) is 10.2 Å². The van der Waals surface area contributed by atoms with Crippen molar-refractivity contribution in [2.75, 3.05) is 0 Å². The molecule has 0 atom stereocenters. The van der Waals surface area contributed by atoms with Crippen LogP contribution in [0, 0.1) is 0 Å². The van der Waals surface area contributed by atoms with E-state index in [0.717, 1.165) is 22.3 Å². The third kappa shape index (κ3) is 5.30. The molecule has 0 saturated heterocycles. The molecular weight excluding hydrogens is 583 g/mol. The van der Waals surface area contributed by atoms with Crippen molar-refractivity contribution in [3.8, 4) is 22.9 Å². The highest BCUT2D eigenvalue weighted by Crippen LogP contribution is 2.41. The van der Waals surface area contributed by atoms with Gasteiger partial charge in [-0.25, -0.2) is 0 Å². The lowest BCUT2D eigenvalue weighted by atomic mass is 9.77. The molecule has 2 heterocycles. The summed E-state index contributed by atoms with van der Waals surface area (Å²) in [5.41, 5.74) is 6.45. The van der Waals surface area contributed by atoms with E-state index < -0.39 is 0 Å². The Kier molecular flexibility index (Phi) is 6.90. The fraction of sp³-hybridized carbons (Fsp3) is 0.273. The molecule has 220 valence electrons. The van der Waals surface area contributed by atoms with Crippen molar-refractivity contribution in [2.24, 2.45) is 0 Å². The van der Waals surface area contributed by atoms with Crippen LogP contribution >= 0.6 is 23.2 Å². The first-order chi connectivity index (χ1) is 20.2. The topological polar surface area (TPSA) is 102 Å². The number of fused-ring (bicyclic) bond motifs is 2. The van der Waals surface area contributed by atoms with E-state index in [1.165, 1.54) is 9.59 Å².